The molecule has 2 N–H and O–H groups in total. The Morgan fingerprint density at radius 3 is 2.70 bits per heavy atom. The first-order chi connectivity index (χ1) is 9.74. The lowest BCUT2D eigenvalue weighted by Gasteiger charge is -2.06. The number of aromatic nitrogens is 1. The smallest absolute Gasteiger partial charge is 0.225 e. The second-order valence-electron chi connectivity index (χ2n) is 4.34. The fourth-order valence-corrected chi connectivity index (χ4v) is 1.82. The molecule has 104 valence electrons. The summed E-state index contributed by atoms with van der Waals surface area (Å²) in [5.41, 5.74) is 1.86. The van der Waals surface area contributed by atoms with Gasteiger partial charge in [0.25, 0.3) is 0 Å². The number of nitrogens with one attached hydrogen (secondary N) is 2. The Bertz CT molecular complexity index is 543. The quantitative estimate of drug-likeness (QED) is 0.804. The van der Waals surface area contributed by atoms with Gasteiger partial charge in [0.05, 0.1) is 0 Å². The Balaban J connectivity index is 1.66. The van der Waals surface area contributed by atoms with E-state index < -0.39 is 0 Å². The minimum atomic E-state index is -0.0222. The van der Waals surface area contributed by atoms with Crippen LogP contribution in [0, 0.1) is 0 Å². The number of hydrogen-bond donors (Lipinski definition) is 2. The lowest BCUT2D eigenvalue weighted by atomic mass is 10.3. The molecular weight excluding hydrogens is 274 g/mol. The summed E-state index contributed by atoms with van der Waals surface area (Å²) in [7, 11) is 0. The maximum atomic E-state index is 11.7. The zero-order valence-electron chi connectivity index (χ0n) is 11.0. The highest BCUT2D eigenvalue weighted by Crippen LogP contribution is 2.13. The number of hydrogen-bond acceptors (Lipinski definition) is 3. The molecule has 0 fully saturated rings. The maximum Gasteiger partial charge on any atom is 0.225 e. The van der Waals surface area contributed by atoms with Gasteiger partial charge in [-0.05, 0) is 35.9 Å². The fraction of sp³-hybridized carbons (Fsp3) is 0.200. The number of benzene rings is 1. The molecule has 1 amide bonds. The van der Waals surface area contributed by atoms with Gasteiger partial charge in [0.15, 0.2) is 0 Å². The van der Waals surface area contributed by atoms with Gasteiger partial charge in [-0.2, -0.15) is 0 Å². The molecule has 2 aromatic rings. The van der Waals surface area contributed by atoms with E-state index in [-0.39, 0.29) is 5.91 Å². The van der Waals surface area contributed by atoms with Gasteiger partial charge in [-0.3, -0.25) is 9.78 Å². The van der Waals surface area contributed by atoms with Gasteiger partial charge in [-0.25, -0.2) is 0 Å². The van der Waals surface area contributed by atoms with Gasteiger partial charge in [0, 0.05) is 42.6 Å². The molecule has 0 saturated heterocycles. The van der Waals surface area contributed by atoms with Crippen molar-refractivity contribution in [3.63, 3.8) is 0 Å². The molecule has 0 saturated carbocycles. The maximum absolute atomic E-state index is 11.7. The largest absolute Gasteiger partial charge is 0.326 e. The van der Waals surface area contributed by atoms with Crippen LogP contribution >= 0.6 is 11.6 Å². The third-order valence-corrected chi connectivity index (χ3v) is 2.96. The Kier molecular flexibility index (Phi) is 5.53. The summed E-state index contributed by atoms with van der Waals surface area (Å²) in [5.74, 6) is -0.0222. The zero-order valence-corrected chi connectivity index (χ0v) is 11.7. The van der Waals surface area contributed by atoms with Gasteiger partial charge in [-0.15, -0.1) is 0 Å². The van der Waals surface area contributed by atoms with Crippen molar-refractivity contribution < 1.29 is 4.79 Å². The van der Waals surface area contributed by atoms with Crippen molar-refractivity contribution in [2.45, 2.75) is 13.0 Å². The average Bonchev–Trinajstić information content (AvgIpc) is 2.47. The molecule has 20 heavy (non-hydrogen) atoms. The fourth-order valence-electron chi connectivity index (χ4n) is 1.69. The highest BCUT2D eigenvalue weighted by molar-refractivity contribution is 6.30. The van der Waals surface area contributed by atoms with Crippen molar-refractivity contribution >= 4 is 23.2 Å². The van der Waals surface area contributed by atoms with Crippen molar-refractivity contribution in [3.05, 3.63) is 59.4 Å². The van der Waals surface area contributed by atoms with E-state index >= 15 is 0 Å². The van der Waals surface area contributed by atoms with Crippen LogP contribution in [0.1, 0.15) is 12.0 Å². The Hall–Kier alpha value is -1.91. The van der Waals surface area contributed by atoms with Crippen LogP contribution in [0.2, 0.25) is 5.02 Å². The zero-order chi connectivity index (χ0) is 14.2. The summed E-state index contributed by atoms with van der Waals surface area (Å²) >= 11 is 5.78. The van der Waals surface area contributed by atoms with Crippen molar-refractivity contribution in [2.75, 3.05) is 11.9 Å². The molecule has 0 atom stereocenters. The SMILES string of the molecule is O=C(CCNCc1cccnc1)Nc1ccc(Cl)cc1. The van der Waals surface area contributed by atoms with Crippen molar-refractivity contribution in [2.24, 2.45) is 0 Å². The molecule has 4 nitrogen and oxygen atoms in total. The van der Waals surface area contributed by atoms with Gasteiger partial charge in [0.2, 0.25) is 5.91 Å². The van der Waals surface area contributed by atoms with Gasteiger partial charge < -0.3 is 10.6 Å². The second-order valence-corrected chi connectivity index (χ2v) is 4.78. The molecule has 0 aliphatic heterocycles. The van der Waals surface area contributed by atoms with Gasteiger partial charge in [-0.1, -0.05) is 17.7 Å². The number of halogens is 1. The molecule has 1 aromatic heterocycles. The van der Waals surface area contributed by atoms with Crippen LogP contribution in [0.4, 0.5) is 5.69 Å². The van der Waals surface area contributed by atoms with E-state index in [0.29, 0.717) is 24.5 Å². The first kappa shape index (κ1) is 14.5. The van der Waals surface area contributed by atoms with E-state index in [1.165, 1.54) is 0 Å². The topological polar surface area (TPSA) is 54.0 Å². The molecule has 0 aliphatic carbocycles. The van der Waals surface area contributed by atoms with E-state index in [1.54, 1.807) is 36.7 Å². The van der Waals surface area contributed by atoms with Crippen LogP contribution in [0.25, 0.3) is 0 Å². The minimum absolute atomic E-state index is 0.0222. The van der Waals surface area contributed by atoms with Crippen molar-refractivity contribution in [1.82, 2.24) is 10.3 Å². The standard InChI is InChI=1S/C15H16ClN3O/c16-13-3-5-14(6-4-13)19-15(20)7-9-18-11-12-2-1-8-17-10-12/h1-6,8,10,18H,7,9,11H2,(H,19,20). The average molecular weight is 290 g/mol. The number of anilines is 1. The Labute approximate surface area is 123 Å². The molecule has 5 heteroatoms. The highest BCUT2D eigenvalue weighted by atomic mass is 35.5. The molecule has 0 spiro atoms. The Morgan fingerprint density at radius 2 is 2.00 bits per heavy atom. The van der Waals surface area contributed by atoms with Crippen LogP contribution in [-0.4, -0.2) is 17.4 Å². The highest BCUT2D eigenvalue weighted by Gasteiger charge is 2.02. The number of nitrogens with zero attached hydrogens (tertiary/aromatic N) is 1. The lowest BCUT2D eigenvalue weighted by molar-refractivity contribution is -0.116. The van der Waals surface area contributed by atoms with E-state index in [4.69, 9.17) is 11.6 Å². The van der Waals surface area contributed by atoms with E-state index in [1.807, 2.05) is 12.1 Å². The second kappa shape index (κ2) is 7.62. The summed E-state index contributed by atoms with van der Waals surface area (Å²) < 4.78 is 0. The molecule has 1 heterocycles. The first-order valence-corrected chi connectivity index (χ1v) is 6.77. The Morgan fingerprint density at radius 1 is 1.20 bits per heavy atom. The molecular formula is C15H16ClN3O. The summed E-state index contributed by atoms with van der Waals surface area (Å²) in [6.45, 7) is 1.33. The third-order valence-electron chi connectivity index (χ3n) is 2.71. The number of amides is 1. The summed E-state index contributed by atoms with van der Waals surface area (Å²) in [4.78, 5) is 15.7. The number of carbonyl (C=O) groups excluding carboxylic acids is 1. The minimum Gasteiger partial charge on any atom is -0.326 e. The van der Waals surface area contributed by atoms with Crippen molar-refractivity contribution in [3.8, 4) is 0 Å². The van der Waals surface area contributed by atoms with Gasteiger partial charge >= 0.3 is 0 Å². The van der Waals surface area contributed by atoms with E-state index in [0.717, 1.165) is 11.3 Å². The number of rotatable bonds is 6. The van der Waals surface area contributed by atoms with Crippen LogP contribution in [0.5, 0.6) is 0 Å². The molecule has 2 rings (SSSR count). The molecule has 0 bridgehead atoms. The number of carbonyl (C=O) groups is 1. The predicted molar refractivity (Wildman–Crippen MR) is 80.6 cm³/mol. The molecule has 0 radical (unpaired) electrons. The van der Waals surface area contributed by atoms with Crippen LogP contribution in [0.15, 0.2) is 48.8 Å². The normalized spacial score (nSPS) is 10.2. The van der Waals surface area contributed by atoms with Gasteiger partial charge in [0.1, 0.15) is 0 Å². The van der Waals surface area contributed by atoms with E-state index in [9.17, 15) is 4.79 Å². The van der Waals surface area contributed by atoms with Crippen LogP contribution in [-0.2, 0) is 11.3 Å². The first-order valence-electron chi connectivity index (χ1n) is 6.39. The van der Waals surface area contributed by atoms with Crippen LogP contribution < -0.4 is 10.6 Å². The molecule has 1 aromatic carbocycles. The predicted octanol–water partition coefficient (Wildman–Crippen LogP) is 2.85. The number of pyridine rings is 1. The monoisotopic (exact) mass is 289 g/mol. The van der Waals surface area contributed by atoms with Crippen molar-refractivity contribution in [1.29, 1.82) is 0 Å². The van der Waals surface area contributed by atoms with E-state index in [2.05, 4.69) is 15.6 Å². The molecule has 0 unspecified atom stereocenters. The summed E-state index contributed by atoms with van der Waals surface area (Å²) in [6.07, 6.45) is 3.97. The summed E-state index contributed by atoms with van der Waals surface area (Å²) in [5, 5.41) is 6.68. The lowest BCUT2D eigenvalue weighted by Crippen LogP contribution is -2.21. The molecule has 0 aliphatic rings. The van der Waals surface area contributed by atoms with Crippen LogP contribution in [0.3, 0.4) is 0 Å². The third kappa shape index (κ3) is 4.99. The summed E-state index contributed by atoms with van der Waals surface area (Å²) in [6, 6.07) is 10.9.